The number of carboxylic acid groups (broad SMARTS) is 1. The van der Waals surface area contributed by atoms with Crippen LogP contribution in [0, 0.1) is 10.8 Å². The molecule has 4 heteroatoms. The highest BCUT2D eigenvalue weighted by Gasteiger charge is 2.64. The molecule has 0 aliphatic heterocycles. The van der Waals surface area contributed by atoms with Crippen molar-refractivity contribution in [1.29, 1.82) is 0 Å². The Kier molecular flexibility index (Phi) is 2.52. The van der Waals surface area contributed by atoms with Crippen LogP contribution in [-0.4, -0.2) is 24.2 Å². The third-order valence-electron chi connectivity index (χ3n) is 4.21. The molecule has 1 fully saturated rings. The summed E-state index contributed by atoms with van der Waals surface area (Å²) < 4.78 is 4.83. The fourth-order valence-electron chi connectivity index (χ4n) is 3.31. The zero-order chi connectivity index (χ0) is 11.8. The second kappa shape index (κ2) is 3.61. The van der Waals surface area contributed by atoms with Crippen LogP contribution in [-0.2, 0) is 14.3 Å². The fourth-order valence-corrected chi connectivity index (χ4v) is 3.31. The molecule has 16 heavy (non-hydrogen) atoms. The summed E-state index contributed by atoms with van der Waals surface area (Å²) in [6.07, 6.45) is 6.69. The third kappa shape index (κ3) is 1.16. The molecule has 0 spiro atoms. The molecule has 2 unspecified atom stereocenters. The molecule has 0 radical (unpaired) electrons. The van der Waals surface area contributed by atoms with Crippen LogP contribution < -0.4 is 0 Å². The summed E-state index contributed by atoms with van der Waals surface area (Å²) in [6.45, 7) is 0. The van der Waals surface area contributed by atoms with Crippen molar-refractivity contribution in [2.75, 3.05) is 7.11 Å². The number of fused-ring (bicyclic) bond motifs is 1. The van der Waals surface area contributed by atoms with Gasteiger partial charge in [0.05, 0.1) is 17.9 Å². The predicted molar refractivity (Wildman–Crippen MR) is 56.7 cm³/mol. The van der Waals surface area contributed by atoms with Crippen LogP contribution >= 0.6 is 0 Å². The molecule has 88 valence electrons. The van der Waals surface area contributed by atoms with Crippen molar-refractivity contribution in [3.8, 4) is 0 Å². The van der Waals surface area contributed by atoms with Gasteiger partial charge in [-0.15, -0.1) is 0 Å². The standard InChI is InChI=1S/C12H16O4/c1-16-10(15)12-6-3-2-5-11(12,9(13)14)7-4-8-12/h2-3H,4-8H2,1H3,(H,13,14). The van der Waals surface area contributed by atoms with Crippen molar-refractivity contribution in [3.63, 3.8) is 0 Å². The Morgan fingerprint density at radius 1 is 1.19 bits per heavy atom. The SMILES string of the molecule is COC(=O)C12CC=CCC1(C(=O)O)CCC2. The Labute approximate surface area is 94.3 Å². The van der Waals surface area contributed by atoms with E-state index >= 15 is 0 Å². The molecule has 0 aromatic heterocycles. The van der Waals surface area contributed by atoms with E-state index < -0.39 is 16.8 Å². The molecule has 4 nitrogen and oxygen atoms in total. The fraction of sp³-hybridized carbons (Fsp3) is 0.667. The van der Waals surface area contributed by atoms with Crippen molar-refractivity contribution in [1.82, 2.24) is 0 Å². The van der Waals surface area contributed by atoms with Crippen LogP contribution in [0.2, 0.25) is 0 Å². The minimum absolute atomic E-state index is 0.364. The molecule has 0 bridgehead atoms. The number of esters is 1. The highest BCUT2D eigenvalue weighted by atomic mass is 16.5. The van der Waals surface area contributed by atoms with E-state index in [0.717, 1.165) is 6.42 Å². The lowest BCUT2D eigenvalue weighted by Crippen LogP contribution is -2.50. The zero-order valence-corrected chi connectivity index (χ0v) is 9.36. The average Bonchev–Trinajstić information content (AvgIpc) is 2.69. The van der Waals surface area contributed by atoms with E-state index in [4.69, 9.17) is 4.74 Å². The van der Waals surface area contributed by atoms with E-state index in [1.807, 2.05) is 12.2 Å². The number of carboxylic acids is 1. The first-order valence-electron chi connectivity index (χ1n) is 5.56. The van der Waals surface area contributed by atoms with Crippen LogP contribution in [0.3, 0.4) is 0 Å². The van der Waals surface area contributed by atoms with Gasteiger partial charge >= 0.3 is 11.9 Å². The first-order chi connectivity index (χ1) is 7.59. The van der Waals surface area contributed by atoms with Gasteiger partial charge in [0.2, 0.25) is 0 Å². The number of carbonyl (C=O) groups excluding carboxylic acids is 1. The third-order valence-corrected chi connectivity index (χ3v) is 4.21. The molecule has 0 heterocycles. The molecule has 0 aromatic carbocycles. The van der Waals surface area contributed by atoms with E-state index in [2.05, 4.69) is 0 Å². The van der Waals surface area contributed by atoms with Gasteiger partial charge in [0, 0.05) is 0 Å². The van der Waals surface area contributed by atoms with Gasteiger partial charge in [-0.05, 0) is 25.7 Å². The van der Waals surface area contributed by atoms with Crippen LogP contribution in [0.4, 0.5) is 0 Å². The van der Waals surface area contributed by atoms with Gasteiger partial charge < -0.3 is 9.84 Å². The summed E-state index contributed by atoms with van der Waals surface area (Å²) in [7, 11) is 1.33. The van der Waals surface area contributed by atoms with Crippen molar-refractivity contribution >= 4 is 11.9 Å². The van der Waals surface area contributed by atoms with E-state index in [1.165, 1.54) is 7.11 Å². The lowest BCUT2D eigenvalue weighted by Gasteiger charge is -2.41. The maximum Gasteiger partial charge on any atom is 0.313 e. The summed E-state index contributed by atoms with van der Waals surface area (Å²) >= 11 is 0. The Balaban J connectivity index is 2.50. The smallest absolute Gasteiger partial charge is 0.313 e. The van der Waals surface area contributed by atoms with Crippen molar-refractivity contribution in [2.45, 2.75) is 32.1 Å². The van der Waals surface area contributed by atoms with Crippen LogP contribution in [0.1, 0.15) is 32.1 Å². The Bertz CT molecular complexity index is 360. The maximum atomic E-state index is 12.0. The second-order valence-corrected chi connectivity index (χ2v) is 4.69. The number of rotatable bonds is 2. The predicted octanol–water partition coefficient (Wildman–Crippen LogP) is 1.75. The molecule has 0 aromatic rings. The quantitative estimate of drug-likeness (QED) is 0.573. The van der Waals surface area contributed by atoms with E-state index in [9.17, 15) is 14.7 Å². The number of allylic oxidation sites excluding steroid dienone is 2. The number of aliphatic carboxylic acids is 1. The summed E-state index contributed by atoms with van der Waals surface area (Å²) in [5.74, 6) is -1.23. The van der Waals surface area contributed by atoms with Crippen molar-refractivity contribution in [2.24, 2.45) is 10.8 Å². The first-order valence-corrected chi connectivity index (χ1v) is 5.56. The lowest BCUT2D eigenvalue weighted by atomic mass is 9.59. The molecule has 1 N–H and O–H groups in total. The summed E-state index contributed by atoms with van der Waals surface area (Å²) in [6, 6.07) is 0. The summed E-state index contributed by atoms with van der Waals surface area (Å²) in [5, 5.41) is 9.47. The maximum absolute atomic E-state index is 12.0. The van der Waals surface area contributed by atoms with E-state index in [0.29, 0.717) is 25.7 Å². The van der Waals surface area contributed by atoms with Gasteiger partial charge in [0.15, 0.2) is 0 Å². The lowest BCUT2D eigenvalue weighted by molar-refractivity contribution is -0.173. The molecule has 0 amide bonds. The van der Waals surface area contributed by atoms with Gasteiger partial charge in [-0.25, -0.2) is 0 Å². The topological polar surface area (TPSA) is 63.6 Å². The highest BCUT2D eigenvalue weighted by molar-refractivity contribution is 5.89. The van der Waals surface area contributed by atoms with Crippen molar-refractivity contribution in [3.05, 3.63) is 12.2 Å². The van der Waals surface area contributed by atoms with Gasteiger partial charge in [-0.3, -0.25) is 9.59 Å². The number of hydrogen-bond acceptors (Lipinski definition) is 3. The zero-order valence-electron chi connectivity index (χ0n) is 9.36. The molecule has 0 saturated heterocycles. The summed E-state index contributed by atoms with van der Waals surface area (Å²) in [5.41, 5.74) is -1.77. The van der Waals surface area contributed by atoms with Gasteiger partial charge in [-0.1, -0.05) is 18.6 Å². The molecule has 2 atom stereocenters. The van der Waals surface area contributed by atoms with E-state index in [1.54, 1.807) is 0 Å². The average molecular weight is 224 g/mol. The minimum Gasteiger partial charge on any atom is -0.481 e. The van der Waals surface area contributed by atoms with Crippen molar-refractivity contribution < 1.29 is 19.4 Å². The number of methoxy groups -OCH3 is 1. The summed E-state index contributed by atoms with van der Waals surface area (Å²) in [4.78, 5) is 23.5. The molecular weight excluding hydrogens is 208 g/mol. The largest absolute Gasteiger partial charge is 0.481 e. The minimum atomic E-state index is -0.936. The normalized spacial score (nSPS) is 36.8. The first kappa shape index (κ1) is 11.2. The van der Waals surface area contributed by atoms with Gasteiger partial charge in [0.1, 0.15) is 0 Å². The number of carbonyl (C=O) groups is 2. The Morgan fingerprint density at radius 2 is 1.75 bits per heavy atom. The molecule has 2 rings (SSSR count). The number of hydrogen-bond donors (Lipinski definition) is 1. The van der Waals surface area contributed by atoms with Crippen LogP contribution in [0.15, 0.2) is 12.2 Å². The highest BCUT2D eigenvalue weighted by Crippen LogP contribution is 2.60. The Morgan fingerprint density at radius 3 is 2.31 bits per heavy atom. The van der Waals surface area contributed by atoms with Gasteiger partial charge in [0.25, 0.3) is 0 Å². The molecular formula is C12H16O4. The second-order valence-electron chi connectivity index (χ2n) is 4.69. The molecule has 2 aliphatic rings. The van der Waals surface area contributed by atoms with E-state index in [-0.39, 0.29) is 5.97 Å². The van der Waals surface area contributed by atoms with Crippen LogP contribution in [0.5, 0.6) is 0 Å². The molecule has 2 aliphatic carbocycles. The van der Waals surface area contributed by atoms with Gasteiger partial charge in [-0.2, -0.15) is 0 Å². The number of ether oxygens (including phenoxy) is 1. The van der Waals surface area contributed by atoms with Crippen LogP contribution in [0.25, 0.3) is 0 Å². The molecule has 1 saturated carbocycles. The monoisotopic (exact) mass is 224 g/mol. The Hall–Kier alpha value is -1.32.